The Labute approximate surface area is 189 Å². The largest absolute Gasteiger partial charge is 0.337 e. The van der Waals surface area contributed by atoms with Crippen LogP contribution in [0.5, 0.6) is 0 Å². The lowest BCUT2D eigenvalue weighted by Crippen LogP contribution is -2.35. The SMILES string of the molecule is CCn1c(=O)c(=O)[nH]c2cc(-c3noc(C(NS(=O)(=O)c4ccccc4)C(C)C)n3)ccc21. The molecule has 1 atom stereocenters. The lowest BCUT2D eigenvalue weighted by Gasteiger charge is -2.18. The Balaban J connectivity index is 1.70. The van der Waals surface area contributed by atoms with Crippen molar-refractivity contribution >= 4 is 21.1 Å². The Morgan fingerprint density at radius 2 is 1.85 bits per heavy atom. The molecule has 2 aromatic carbocycles. The van der Waals surface area contributed by atoms with Gasteiger partial charge in [-0.3, -0.25) is 9.59 Å². The molecular weight excluding hydrogens is 446 g/mol. The first kappa shape index (κ1) is 22.6. The summed E-state index contributed by atoms with van der Waals surface area (Å²) in [5, 5.41) is 4.00. The standard InChI is InChI=1S/C22H23N5O5S/c1-4-27-17-11-10-14(12-16(17)23-20(28)22(27)29)19-24-21(32-25-19)18(13(2)3)26-33(30,31)15-8-6-5-7-9-15/h5-13,18,26H,4H2,1-3H3,(H,23,28). The van der Waals surface area contributed by atoms with Crippen LogP contribution < -0.4 is 15.8 Å². The first-order valence-electron chi connectivity index (χ1n) is 10.4. The third-order valence-electron chi connectivity index (χ3n) is 5.26. The van der Waals surface area contributed by atoms with Gasteiger partial charge in [-0.15, -0.1) is 0 Å². The van der Waals surface area contributed by atoms with Gasteiger partial charge in [-0.25, -0.2) is 8.42 Å². The molecule has 0 spiro atoms. The van der Waals surface area contributed by atoms with E-state index < -0.39 is 27.2 Å². The monoisotopic (exact) mass is 469 g/mol. The van der Waals surface area contributed by atoms with E-state index >= 15 is 0 Å². The average molecular weight is 470 g/mol. The van der Waals surface area contributed by atoms with E-state index in [0.717, 1.165) is 0 Å². The van der Waals surface area contributed by atoms with Gasteiger partial charge in [0.1, 0.15) is 6.04 Å². The van der Waals surface area contributed by atoms with E-state index in [1.165, 1.54) is 16.7 Å². The van der Waals surface area contributed by atoms with Crippen molar-refractivity contribution in [2.45, 2.75) is 38.3 Å². The van der Waals surface area contributed by atoms with Crippen molar-refractivity contribution < 1.29 is 12.9 Å². The highest BCUT2D eigenvalue weighted by Crippen LogP contribution is 2.26. The van der Waals surface area contributed by atoms with Crippen molar-refractivity contribution in [1.82, 2.24) is 24.4 Å². The number of fused-ring (bicyclic) bond motifs is 1. The third-order valence-corrected chi connectivity index (χ3v) is 6.72. The number of hydrogen-bond donors (Lipinski definition) is 2. The summed E-state index contributed by atoms with van der Waals surface area (Å²) in [7, 11) is -3.80. The first-order chi connectivity index (χ1) is 15.7. The molecule has 0 fully saturated rings. The molecule has 0 aliphatic heterocycles. The predicted octanol–water partition coefficient (Wildman–Crippen LogP) is 2.44. The van der Waals surface area contributed by atoms with Gasteiger partial charge >= 0.3 is 11.1 Å². The maximum absolute atomic E-state index is 12.8. The zero-order valence-corrected chi connectivity index (χ0v) is 19.1. The molecule has 4 rings (SSSR count). The molecule has 1 unspecified atom stereocenters. The fourth-order valence-corrected chi connectivity index (χ4v) is 4.88. The fraction of sp³-hybridized carbons (Fsp3) is 0.273. The quantitative estimate of drug-likeness (QED) is 0.396. The van der Waals surface area contributed by atoms with Crippen molar-refractivity contribution in [1.29, 1.82) is 0 Å². The van der Waals surface area contributed by atoms with Crippen molar-refractivity contribution in [2.75, 3.05) is 0 Å². The van der Waals surface area contributed by atoms with E-state index in [9.17, 15) is 18.0 Å². The molecule has 0 amide bonds. The molecule has 0 saturated carbocycles. The number of aryl methyl sites for hydroxylation is 1. The number of rotatable bonds is 7. The minimum Gasteiger partial charge on any atom is -0.337 e. The molecule has 2 N–H and O–H groups in total. The van der Waals surface area contributed by atoms with Crippen LogP contribution in [0.15, 0.2) is 67.5 Å². The Bertz CT molecular complexity index is 1520. The molecule has 33 heavy (non-hydrogen) atoms. The summed E-state index contributed by atoms with van der Waals surface area (Å²) in [4.78, 5) is 31.1. The summed E-state index contributed by atoms with van der Waals surface area (Å²) in [6.45, 7) is 5.81. The summed E-state index contributed by atoms with van der Waals surface area (Å²) < 4.78 is 35.0. The predicted molar refractivity (Wildman–Crippen MR) is 122 cm³/mol. The lowest BCUT2D eigenvalue weighted by molar-refractivity contribution is 0.311. The number of nitrogens with one attached hydrogen (secondary N) is 2. The van der Waals surface area contributed by atoms with Crippen LogP contribution in [0, 0.1) is 5.92 Å². The molecule has 0 aliphatic rings. The number of aromatic amines is 1. The van der Waals surface area contributed by atoms with Crippen LogP contribution in [0.2, 0.25) is 0 Å². The molecule has 0 bridgehead atoms. The summed E-state index contributed by atoms with van der Waals surface area (Å²) in [5.41, 5.74) is 0.235. The van der Waals surface area contributed by atoms with Gasteiger partial charge in [0.15, 0.2) is 0 Å². The topological polar surface area (TPSA) is 140 Å². The van der Waals surface area contributed by atoms with Gasteiger partial charge < -0.3 is 14.1 Å². The van der Waals surface area contributed by atoms with Gasteiger partial charge in [-0.1, -0.05) is 37.2 Å². The molecule has 4 aromatic rings. The minimum atomic E-state index is -3.80. The van der Waals surface area contributed by atoms with Crippen LogP contribution in [-0.2, 0) is 16.6 Å². The summed E-state index contributed by atoms with van der Waals surface area (Å²) in [6, 6.07) is 12.3. The van der Waals surface area contributed by atoms with Crippen LogP contribution in [0.3, 0.4) is 0 Å². The van der Waals surface area contributed by atoms with Crippen LogP contribution in [0.25, 0.3) is 22.4 Å². The normalized spacial score (nSPS) is 13.0. The zero-order valence-electron chi connectivity index (χ0n) is 18.3. The lowest BCUT2D eigenvalue weighted by atomic mass is 10.1. The van der Waals surface area contributed by atoms with Gasteiger partial charge in [-0.2, -0.15) is 9.71 Å². The van der Waals surface area contributed by atoms with E-state index in [1.807, 2.05) is 13.8 Å². The van der Waals surface area contributed by atoms with Crippen molar-refractivity contribution in [3.05, 3.63) is 75.1 Å². The third kappa shape index (κ3) is 4.37. The highest BCUT2D eigenvalue weighted by atomic mass is 32.2. The number of H-pyrrole nitrogens is 1. The molecule has 0 saturated heterocycles. The van der Waals surface area contributed by atoms with Gasteiger partial charge in [0, 0.05) is 12.1 Å². The van der Waals surface area contributed by atoms with Crippen LogP contribution in [-0.4, -0.2) is 28.1 Å². The highest BCUT2D eigenvalue weighted by molar-refractivity contribution is 7.89. The molecule has 172 valence electrons. The van der Waals surface area contributed by atoms with E-state index in [-0.39, 0.29) is 22.5 Å². The van der Waals surface area contributed by atoms with E-state index in [2.05, 4.69) is 19.8 Å². The van der Waals surface area contributed by atoms with Crippen molar-refractivity contribution in [3.8, 4) is 11.4 Å². The van der Waals surface area contributed by atoms with Crippen LogP contribution >= 0.6 is 0 Å². The maximum atomic E-state index is 12.8. The zero-order chi connectivity index (χ0) is 23.8. The Kier molecular flexibility index (Phi) is 6.00. The second kappa shape index (κ2) is 8.75. The van der Waals surface area contributed by atoms with Gasteiger partial charge in [0.2, 0.25) is 21.7 Å². The summed E-state index contributed by atoms with van der Waals surface area (Å²) in [5.74, 6) is 0.168. The number of aromatic nitrogens is 4. The molecular formula is C22H23N5O5S. The number of sulfonamides is 1. The van der Waals surface area contributed by atoms with Gasteiger partial charge in [0.05, 0.1) is 15.9 Å². The Morgan fingerprint density at radius 3 is 2.52 bits per heavy atom. The maximum Gasteiger partial charge on any atom is 0.316 e. The second-order valence-electron chi connectivity index (χ2n) is 7.85. The molecule has 2 aromatic heterocycles. The molecule has 11 heteroatoms. The molecule has 10 nitrogen and oxygen atoms in total. The summed E-state index contributed by atoms with van der Waals surface area (Å²) in [6.07, 6.45) is 0. The number of benzene rings is 2. The first-order valence-corrected chi connectivity index (χ1v) is 11.9. The van der Waals surface area contributed by atoms with Crippen molar-refractivity contribution in [2.24, 2.45) is 5.92 Å². The average Bonchev–Trinajstić information content (AvgIpc) is 3.28. The van der Waals surface area contributed by atoms with Crippen LogP contribution in [0.1, 0.15) is 32.7 Å². The molecule has 0 radical (unpaired) electrons. The number of hydrogen-bond acceptors (Lipinski definition) is 7. The Morgan fingerprint density at radius 1 is 1.12 bits per heavy atom. The number of nitrogens with zero attached hydrogens (tertiary/aromatic N) is 3. The molecule has 0 aliphatic carbocycles. The van der Waals surface area contributed by atoms with E-state index in [1.54, 1.807) is 43.3 Å². The molecule has 2 heterocycles. The highest BCUT2D eigenvalue weighted by Gasteiger charge is 2.28. The van der Waals surface area contributed by atoms with Gasteiger partial charge in [-0.05, 0) is 43.2 Å². The van der Waals surface area contributed by atoms with Crippen LogP contribution in [0.4, 0.5) is 0 Å². The minimum absolute atomic E-state index is 0.117. The fourth-order valence-electron chi connectivity index (χ4n) is 3.52. The van der Waals surface area contributed by atoms with E-state index in [0.29, 0.717) is 23.1 Å². The smallest absolute Gasteiger partial charge is 0.316 e. The van der Waals surface area contributed by atoms with Crippen molar-refractivity contribution in [3.63, 3.8) is 0 Å². The van der Waals surface area contributed by atoms with E-state index in [4.69, 9.17) is 4.52 Å². The Hall–Kier alpha value is -3.57. The summed E-state index contributed by atoms with van der Waals surface area (Å²) >= 11 is 0. The second-order valence-corrected chi connectivity index (χ2v) is 9.56. The van der Waals surface area contributed by atoms with Gasteiger partial charge in [0.25, 0.3) is 0 Å².